The summed E-state index contributed by atoms with van der Waals surface area (Å²) < 4.78 is 165. The monoisotopic (exact) mass is 590 g/mol. The van der Waals surface area contributed by atoms with Crippen LogP contribution in [0.5, 0.6) is 0 Å². The first-order chi connectivity index (χ1) is 29.8. The summed E-state index contributed by atoms with van der Waals surface area (Å²) in [4.78, 5) is 0. The summed E-state index contributed by atoms with van der Waals surface area (Å²) in [5, 5.41) is -0.0178. The Kier molecular flexibility index (Phi) is 3.08. The third-order valence-electron chi connectivity index (χ3n) is 7.90. The molecule has 0 bridgehead atoms. The molecule has 0 spiro atoms. The van der Waals surface area contributed by atoms with E-state index in [1.165, 1.54) is 30.3 Å². The molecule has 0 aliphatic rings. The Hall–Kier alpha value is -5.92. The molecule has 210 valence electrons. The second kappa shape index (κ2) is 10.4. The number of hydrogen-bond donors (Lipinski definition) is 0. The van der Waals surface area contributed by atoms with E-state index in [9.17, 15) is 5.48 Å². The van der Waals surface area contributed by atoms with Crippen LogP contribution in [-0.4, -0.2) is 0 Å². The molecule has 0 unspecified atom stereocenters. The molecule has 9 aromatic rings. The molecule has 0 saturated heterocycles. The third kappa shape index (κ3) is 4.09. The molecular formula is C44H28O. The molecule has 0 amide bonds. The van der Waals surface area contributed by atoms with Crippen molar-refractivity contribution >= 4 is 43.5 Å². The maximum absolute atomic E-state index is 9.49. The Morgan fingerprint density at radius 1 is 0.356 bits per heavy atom. The topological polar surface area (TPSA) is 13.1 Å². The maximum Gasteiger partial charge on any atom is 0.136 e. The number of para-hydroxylation sites is 1. The van der Waals surface area contributed by atoms with E-state index in [1.807, 2.05) is 0 Å². The van der Waals surface area contributed by atoms with Gasteiger partial charge in [-0.2, -0.15) is 0 Å². The van der Waals surface area contributed by atoms with Crippen molar-refractivity contribution in [1.29, 1.82) is 0 Å². The van der Waals surface area contributed by atoms with Gasteiger partial charge in [0.1, 0.15) is 11.2 Å². The summed E-state index contributed by atoms with van der Waals surface area (Å²) in [7, 11) is 0. The fraction of sp³-hybridized carbons (Fsp3) is 0. The fourth-order valence-electron chi connectivity index (χ4n) is 6.04. The molecule has 0 atom stereocenters. The van der Waals surface area contributed by atoms with Crippen LogP contribution >= 0.6 is 0 Å². The van der Waals surface area contributed by atoms with Crippen LogP contribution in [0.3, 0.4) is 0 Å². The Bertz CT molecular complexity index is 3400. The van der Waals surface area contributed by atoms with Crippen molar-refractivity contribution in [2.75, 3.05) is 0 Å². The lowest BCUT2D eigenvalue weighted by Gasteiger charge is -2.20. The molecule has 1 aromatic heterocycles. The van der Waals surface area contributed by atoms with Crippen LogP contribution in [0.4, 0.5) is 0 Å². The molecule has 8 aromatic carbocycles. The molecule has 0 N–H and O–H groups in total. The van der Waals surface area contributed by atoms with Crippen molar-refractivity contribution in [3.05, 3.63) is 169 Å². The van der Waals surface area contributed by atoms with Gasteiger partial charge in [0.25, 0.3) is 0 Å². The summed E-state index contributed by atoms with van der Waals surface area (Å²) in [6, 6.07) is 4.78. The van der Waals surface area contributed by atoms with Gasteiger partial charge >= 0.3 is 0 Å². The highest BCUT2D eigenvalue weighted by atomic mass is 16.3. The van der Waals surface area contributed by atoms with Crippen LogP contribution in [0.1, 0.15) is 24.7 Å². The molecule has 1 heteroatoms. The van der Waals surface area contributed by atoms with Crippen LogP contribution in [0.25, 0.3) is 88.0 Å². The van der Waals surface area contributed by atoms with Crippen LogP contribution in [0, 0.1) is 0 Å². The van der Waals surface area contributed by atoms with Crippen molar-refractivity contribution in [2.45, 2.75) is 0 Å². The first-order valence-electron chi connectivity index (χ1n) is 23.0. The number of furan rings is 1. The van der Waals surface area contributed by atoms with E-state index in [1.54, 1.807) is 30.3 Å². The lowest BCUT2D eigenvalue weighted by molar-refractivity contribution is 0.669. The SMILES string of the molecule is [2H]c1c([2H])c([2H])c(-c2ccc(-c3c4c([2H])c([2H])c([2H])c([2H])c4c(-c4ccc5oc6ccccc6c5c4-c4c([2H])c([2H])c([2H])c([2H])c4[2H])c4c([2H])c([2H])c([2H])c([2H])c34)cc2)c([2H])c1[2H]. The summed E-state index contributed by atoms with van der Waals surface area (Å²) in [5.41, 5.74) is 0.440. The molecule has 0 saturated carbocycles. The largest absolute Gasteiger partial charge is 0.456 e. The van der Waals surface area contributed by atoms with Crippen LogP contribution in [0.15, 0.2) is 174 Å². The van der Waals surface area contributed by atoms with Gasteiger partial charge in [0.2, 0.25) is 0 Å². The molecule has 9 rings (SSSR count). The molecule has 0 radical (unpaired) electrons. The van der Waals surface area contributed by atoms with E-state index in [2.05, 4.69) is 0 Å². The lowest BCUT2D eigenvalue weighted by Crippen LogP contribution is -1.93. The fourth-order valence-corrected chi connectivity index (χ4v) is 6.04. The van der Waals surface area contributed by atoms with E-state index >= 15 is 0 Å². The minimum atomic E-state index is -0.685. The van der Waals surface area contributed by atoms with Gasteiger partial charge in [-0.3, -0.25) is 0 Å². The minimum absolute atomic E-state index is 0.00686. The Morgan fingerprint density at radius 2 is 0.889 bits per heavy atom. The van der Waals surface area contributed by atoms with Gasteiger partial charge in [0.15, 0.2) is 0 Å². The standard InChI is InChI=1S/C44H28O/c1-3-13-29(14-4-1)30-23-25-32(26-24-30)41-33-17-7-9-19-35(33)43(36-20-10-8-18-34(36)41)38-27-28-40-44(37-21-11-12-22-39(37)45-40)42(38)31-15-5-2-6-16-31/h1-28H/i1D,2D,3D,4D,5D,6D,7D,8D,9D,10D,13D,14D,15D,16D,17D,18D,19D,20D. The van der Waals surface area contributed by atoms with Gasteiger partial charge in [-0.15, -0.1) is 0 Å². The van der Waals surface area contributed by atoms with Crippen LogP contribution in [0.2, 0.25) is 0 Å². The summed E-state index contributed by atoms with van der Waals surface area (Å²) in [6.45, 7) is 0. The molecule has 1 nitrogen and oxygen atoms in total. The molecule has 1 heterocycles. The second-order valence-electron chi connectivity index (χ2n) is 10.3. The van der Waals surface area contributed by atoms with Gasteiger partial charge in [-0.05, 0) is 78.7 Å². The predicted octanol–water partition coefficient (Wildman–Crippen LogP) is 12.6. The first-order valence-corrected chi connectivity index (χ1v) is 14.0. The molecule has 0 aliphatic carbocycles. The van der Waals surface area contributed by atoms with Crippen molar-refractivity contribution in [3.8, 4) is 44.5 Å². The van der Waals surface area contributed by atoms with Crippen LogP contribution < -0.4 is 0 Å². The van der Waals surface area contributed by atoms with E-state index in [0.29, 0.717) is 11.0 Å². The maximum atomic E-state index is 9.49. The number of rotatable bonds is 4. The second-order valence-corrected chi connectivity index (χ2v) is 10.3. The third-order valence-corrected chi connectivity index (χ3v) is 7.90. The van der Waals surface area contributed by atoms with Crippen molar-refractivity contribution in [3.63, 3.8) is 0 Å². The van der Waals surface area contributed by atoms with Gasteiger partial charge in [-0.1, -0.05) is 151 Å². The molecule has 45 heavy (non-hydrogen) atoms. The van der Waals surface area contributed by atoms with Crippen molar-refractivity contribution in [2.24, 2.45) is 0 Å². The zero-order valence-electron chi connectivity index (χ0n) is 41.2. The molecule has 0 fully saturated rings. The van der Waals surface area contributed by atoms with Gasteiger partial charge < -0.3 is 4.42 Å². The Balaban J connectivity index is 1.53. The van der Waals surface area contributed by atoms with Crippen molar-refractivity contribution < 1.29 is 29.1 Å². The smallest absolute Gasteiger partial charge is 0.136 e. The summed E-state index contributed by atoms with van der Waals surface area (Å²) in [5.74, 6) is 0. The van der Waals surface area contributed by atoms with Gasteiger partial charge in [0.05, 0.1) is 24.7 Å². The van der Waals surface area contributed by atoms with E-state index in [-0.39, 0.29) is 77.0 Å². The summed E-state index contributed by atoms with van der Waals surface area (Å²) in [6.07, 6.45) is 0. The lowest BCUT2D eigenvalue weighted by atomic mass is 9.82. The quantitative estimate of drug-likeness (QED) is 0.186. The minimum Gasteiger partial charge on any atom is -0.456 e. The van der Waals surface area contributed by atoms with Crippen LogP contribution in [-0.2, 0) is 0 Å². The molecule has 0 aliphatic heterocycles. The first kappa shape index (κ1) is 13.4. The Labute approximate surface area is 286 Å². The Morgan fingerprint density at radius 3 is 1.53 bits per heavy atom. The highest BCUT2D eigenvalue weighted by Gasteiger charge is 2.22. The van der Waals surface area contributed by atoms with E-state index in [4.69, 9.17) is 23.6 Å². The molecular weight excluding hydrogens is 544 g/mol. The average molecular weight is 591 g/mol. The van der Waals surface area contributed by atoms with E-state index in [0.717, 1.165) is 0 Å². The highest BCUT2D eigenvalue weighted by Crippen LogP contribution is 2.49. The number of benzene rings is 8. The zero-order valence-corrected chi connectivity index (χ0v) is 23.2. The zero-order chi connectivity index (χ0) is 45.4. The number of fused-ring (bicyclic) bond motifs is 5. The summed E-state index contributed by atoms with van der Waals surface area (Å²) >= 11 is 0. The van der Waals surface area contributed by atoms with Crippen molar-refractivity contribution in [1.82, 2.24) is 0 Å². The van der Waals surface area contributed by atoms with Gasteiger partial charge in [-0.25, -0.2) is 0 Å². The highest BCUT2D eigenvalue weighted by molar-refractivity contribution is 6.25. The van der Waals surface area contributed by atoms with Gasteiger partial charge in [0, 0.05) is 16.3 Å². The normalized spacial score (nSPS) is 17.2. The number of hydrogen-bond acceptors (Lipinski definition) is 1. The average Bonchev–Trinajstić information content (AvgIpc) is 3.67. The predicted molar refractivity (Wildman–Crippen MR) is 190 cm³/mol. The van der Waals surface area contributed by atoms with E-state index < -0.39 is 109 Å².